The summed E-state index contributed by atoms with van der Waals surface area (Å²) in [6, 6.07) is 2.54. The summed E-state index contributed by atoms with van der Waals surface area (Å²) in [7, 11) is 0. The number of carbonyl (C=O) groups is 3. The standard InChI is InChI=1S/C13H17N3O4/c1-8(2)6-15-11(17)7-16-12(18)9-3-4-14-10(5-9)13(19)20/h3-5,8H,6-7H2,1-2H3,(H,15,17)(H,16,18)(H,19,20). The summed E-state index contributed by atoms with van der Waals surface area (Å²) in [5, 5.41) is 13.8. The highest BCUT2D eigenvalue weighted by Crippen LogP contribution is 2.01. The smallest absolute Gasteiger partial charge is 0.354 e. The fraction of sp³-hybridized carbons (Fsp3) is 0.385. The van der Waals surface area contributed by atoms with Gasteiger partial charge in [-0.3, -0.25) is 9.59 Å². The van der Waals surface area contributed by atoms with Gasteiger partial charge in [-0.1, -0.05) is 13.8 Å². The first kappa shape index (κ1) is 15.6. The van der Waals surface area contributed by atoms with Crippen LogP contribution in [-0.4, -0.2) is 41.0 Å². The molecule has 0 saturated carbocycles. The molecule has 1 rings (SSSR count). The first-order valence-electron chi connectivity index (χ1n) is 6.14. The summed E-state index contributed by atoms with van der Waals surface area (Å²) < 4.78 is 0. The van der Waals surface area contributed by atoms with Gasteiger partial charge in [0, 0.05) is 18.3 Å². The number of aromatic carboxylic acids is 1. The van der Waals surface area contributed by atoms with Gasteiger partial charge in [-0.2, -0.15) is 0 Å². The van der Waals surface area contributed by atoms with Gasteiger partial charge in [-0.25, -0.2) is 9.78 Å². The second-order valence-electron chi connectivity index (χ2n) is 4.62. The maximum Gasteiger partial charge on any atom is 0.354 e. The van der Waals surface area contributed by atoms with Crippen LogP contribution in [0.15, 0.2) is 18.3 Å². The second kappa shape index (κ2) is 7.22. The first-order chi connectivity index (χ1) is 9.40. The van der Waals surface area contributed by atoms with Gasteiger partial charge in [-0.15, -0.1) is 0 Å². The average Bonchev–Trinajstić information content (AvgIpc) is 2.42. The lowest BCUT2D eigenvalue weighted by Crippen LogP contribution is -2.38. The SMILES string of the molecule is CC(C)CNC(=O)CNC(=O)c1ccnc(C(=O)O)c1. The Labute approximate surface area is 116 Å². The van der Waals surface area contributed by atoms with Crippen LogP contribution < -0.4 is 10.6 Å². The highest BCUT2D eigenvalue weighted by molar-refractivity contribution is 5.98. The van der Waals surface area contributed by atoms with E-state index in [1.807, 2.05) is 13.8 Å². The lowest BCUT2D eigenvalue weighted by Gasteiger charge is -2.08. The van der Waals surface area contributed by atoms with Crippen LogP contribution in [0.25, 0.3) is 0 Å². The molecule has 108 valence electrons. The minimum absolute atomic E-state index is 0.147. The average molecular weight is 279 g/mol. The second-order valence-corrected chi connectivity index (χ2v) is 4.62. The van der Waals surface area contributed by atoms with Crippen molar-refractivity contribution in [3.63, 3.8) is 0 Å². The van der Waals surface area contributed by atoms with Crippen LogP contribution in [-0.2, 0) is 4.79 Å². The van der Waals surface area contributed by atoms with Crippen LogP contribution in [0, 0.1) is 5.92 Å². The molecule has 0 aromatic carbocycles. The lowest BCUT2D eigenvalue weighted by atomic mass is 10.2. The van der Waals surface area contributed by atoms with E-state index in [0.717, 1.165) is 6.07 Å². The van der Waals surface area contributed by atoms with Crippen molar-refractivity contribution >= 4 is 17.8 Å². The fourth-order valence-electron chi connectivity index (χ4n) is 1.33. The molecule has 3 N–H and O–H groups in total. The molecule has 7 heteroatoms. The van der Waals surface area contributed by atoms with Crippen molar-refractivity contribution in [3.05, 3.63) is 29.6 Å². The minimum Gasteiger partial charge on any atom is -0.477 e. The van der Waals surface area contributed by atoms with Gasteiger partial charge in [0.25, 0.3) is 5.91 Å². The molecule has 0 aliphatic heterocycles. The minimum atomic E-state index is -1.21. The van der Waals surface area contributed by atoms with Gasteiger partial charge < -0.3 is 15.7 Å². The van der Waals surface area contributed by atoms with Gasteiger partial charge in [0.05, 0.1) is 6.54 Å². The Balaban J connectivity index is 2.53. The summed E-state index contributed by atoms with van der Waals surface area (Å²) in [6.07, 6.45) is 1.23. The van der Waals surface area contributed by atoms with Crippen molar-refractivity contribution in [1.82, 2.24) is 15.6 Å². The molecule has 1 heterocycles. The highest BCUT2D eigenvalue weighted by Gasteiger charge is 2.11. The normalized spacial score (nSPS) is 10.2. The maximum absolute atomic E-state index is 11.8. The predicted octanol–water partition coefficient (Wildman–Crippen LogP) is 0.282. The zero-order chi connectivity index (χ0) is 15.1. The number of rotatable bonds is 6. The van der Waals surface area contributed by atoms with Crippen LogP contribution >= 0.6 is 0 Å². The van der Waals surface area contributed by atoms with Crippen LogP contribution in [0.3, 0.4) is 0 Å². The Morgan fingerprint density at radius 3 is 2.60 bits per heavy atom. The number of nitrogens with one attached hydrogen (secondary N) is 2. The van der Waals surface area contributed by atoms with E-state index < -0.39 is 11.9 Å². The third kappa shape index (κ3) is 5.05. The summed E-state index contributed by atoms with van der Waals surface area (Å²) in [5.74, 6) is -1.70. The van der Waals surface area contributed by atoms with Crippen molar-refractivity contribution in [2.75, 3.05) is 13.1 Å². The van der Waals surface area contributed by atoms with E-state index >= 15 is 0 Å². The molecule has 0 radical (unpaired) electrons. The fourth-order valence-corrected chi connectivity index (χ4v) is 1.33. The van der Waals surface area contributed by atoms with E-state index in [0.29, 0.717) is 12.5 Å². The molecule has 1 aromatic heterocycles. The number of hydrogen-bond donors (Lipinski definition) is 3. The molecule has 2 amide bonds. The van der Waals surface area contributed by atoms with Gasteiger partial charge in [-0.05, 0) is 18.1 Å². The van der Waals surface area contributed by atoms with Crippen molar-refractivity contribution in [3.8, 4) is 0 Å². The zero-order valence-electron chi connectivity index (χ0n) is 11.3. The van der Waals surface area contributed by atoms with Crippen molar-refractivity contribution in [2.24, 2.45) is 5.92 Å². The molecule has 7 nitrogen and oxygen atoms in total. The van der Waals surface area contributed by atoms with E-state index in [1.165, 1.54) is 12.3 Å². The quantitative estimate of drug-likeness (QED) is 0.693. The van der Waals surface area contributed by atoms with Gasteiger partial charge in [0.1, 0.15) is 5.69 Å². The predicted molar refractivity (Wildman–Crippen MR) is 71.4 cm³/mol. The molecule has 0 bridgehead atoms. The van der Waals surface area contributed by atoms with Crippen LogP contribution in [0.4, 0.5) is 0 Å². The molecule has 1 aromatic rings. The molecule has 0 fully saturated rings. The van der Waals surface area contributed by atoms with E-state index in [9.17, 15) is 14.4 Å². The first-order valence-corrected chi connectivity index (χ1v) is 6.14. The summed E-state index contributed by atoms with van der Waals surface area (Å²) in [5.41, 5.74) is -0.0732. The topological polar surface area (TPSA) is 108 Å². The van der Waals surface area contributed by atoms with E-state index in [1.54, 1.807) is 0 Å². The summed E-state index contributed by atoms with van der Waals surface area (Å²) in [6.45, 7) is 4.30. The number of carbonyl (C=O) groups excluding carboxylic acids is 2. The molecule has 0 aliphatic carbocycles. The summed E-state index contributed by atoms with van der Waals surface area (Å²) >= 11 is 0. The Kier molecular flexibility index (Phi) is 5.64. The number of aromatic nitrogens is 1. The maximum atomic E-state index is 11.8. The highest BCUT2D eigenvalue weighted by atomic mass is 16.4. The summed E-state index contributed by atoms with van der Waals surface area (Å²) in [4.78, 5) is 37.5. The molecule has 0 aliphatic rings. The molecule has 0 spiro atoms. The van der Waals surface area contributed by atoms with Crippen molar-refractivity contribution < 1.29 is 19.5 Å². The number of pyridine rings is 1. The molecule has 0 saturated heterocycles. The van der Waals surface area contributed by atoms with Crippen LogP contribution in [0.5, 0.6) is 0 Å². The third-order valence-corrected chi connectivity index (χ3v) is 2.36. The Morgan fingerprint density at radius 2 is 2.00 bits per heavy atom. The number of nitrogens with zero attached hydrogens (tertiary/aromatic N) is 1. The molecule has 0 atom stereocenters. The third-order valence-electron chi connectivity index (χ3n) is 2.36. The van der Waals surface area contributed by atoms with Crippen LogP contribution in [0.1, 0.15) is 34.7 Å². The molecular formula is C13H17N3O4. The van der Waals surface area contributed by atoms with Gasteiger partial charge >= 0.3 is 5.97 Å². The van der Waals surface area contributed by atoms with E-state index in [4.69, 9.17) is 5.11 Å². The lowest BCUT2D eigenvalue weighted by molar-refractivity contribution is -0.120. The van der Waals surface area contributed by atoms with E-state index in [2.05, 4.69) is 15.6 Å². The van der Waals surface area contributed by atoms with Crippen molar-refractivity contribution in [2.45, 2.75) is 13.8 Å². The molecule has 0 unspecified atom stereocenters. The van der Waals surface area contributed by atoms with Crippen molar-refractivity contribution in [1.29, 1.82) is 0 Å². The number of carboxylic acid groups (broad SMARTS) is 1. The number of hydrogen-bond acceptors (Lipinski definition) is 4. The van der Waals surface area contributed by atoms with E-state index in [-0.39, 0.29) is 23.7 Å². The van der Waals surface area contributed by atoms with Crippen LogP contribution in [0.2, 0.25) is 0 Å². The monoisotopic (exact) mass is 279 g/mol. The number of carboxylic acids is 1. The largest absolute Gasteiger partial charge is 0.477 e. The Hall–Kier alpha value is -2.44. The Morgan fingerprint density at radius 1 is 1.30 bits per heavy atom. The number of amides is 2. The zero-order valence-corrected chi connectivity index (χ0v) is 11.3. The van der Waals surface area contributed by atoms with Gasteiger partial charge in [0.2, 0.25) is 5.91 Å². The molecular weight excluding hydrogens is 262 g/mol. The van der Waals surface area contributed by atoms with Gasteiger partial charge in [0.15, 0.2) is 0 Å². The Bertz CT molecular complexity index is 514. The molecule has 20 heavy (non-hydrogen) atoms.